The second kappa shape index (κ2) is 8.29. The molecule has 0 fully saturated rings. The molecule has 0 bridgehead atoms. The van der Waals surface area contributed by atoms with E-state index in [2.05, 4.69) is 5.32 Å². The van der Waals surface area contributed by atoms with Gasteiger partial charge in [-0.3, -0.25) is 0 Å². The molecule has 1 atom stereocenters. The number of benzene rings is 1. The quantitative estimate of drug-likeness (QED) is 0.643. The number of rotatable bonds is 7. The van der Waals surface area contributed by atoms with Crippen LogP contribution in [0.3, 0.4) is 0 Å². The van der Waals surface area contributed by atoms with E-state index in [0.717, 1.165) is 5.75 Å². The maximum absolute atomic E-state index is 12.9. The Morgan fingerprint density at radius 2 is 1.85 bits per heavy atom. The van der Waals surface area contributed by atoms with Gasteiger partial charge >= 0.3 is 6.03 Å². The molecule has 1 N–H and O–H groups in total. The first-order chi connectivity index (χ1) is 12.7. The molecule has 1 unspecified atom stereocenters. The zero-order valence-corrected chi connectivity index (χ0v) is 14.8. The van der Waals surface area contributed by atoms with Crippen LogP contribution in [0.25, 0.3) is 0 Å². The number of carbonyl (C=O) groups is 1. The number of furan rings is 2. The Hall–Kier alpha value is -3.15. The van der Waals surface area contributed by atoms with Crippen molar-refractivity contribution in [3.05, 3.63) is 72.6 Å². The molecule has 26 heavy (non-hydrogen) atoms. The number of anilines is 1. The highest BCUT2D eigenvalue weighted by atomic mass is 16.5. The fourth-order valence-corrected chi connectivity index (χ4v) is 2.63. The Bertz CT molecular complexity index is 795. The van der Waals surface area contributed by atoms with Gasteiger partial charge in [0.05, 0.1) is 31.7 Å². The van der Waals surface area contributed by atoms with Gasteiger partial charge in [0.15, 0.2) is 0 Å². The largest absolute Gasteiger partial charge is 0.494 e. The van der Waals surface area contributed by atoms with Crippen molar-refractivity contribution >= 4 is 11.7 Å². The van der Waals surface area contributed by atoms with E-state index in [9.17, 15) is 4.79 Å². The number of hydrogen-bond acceptors (Lipinski definition) is 4. The van der Waals surface area contributed by atoms with E-state index in [4.69, 9.17) is 13.6 Å². The molecule has 0 saturated carbocycles. The Morgan fingerprint density at radius 1 is 1.12 bits per heavy atom. The van der Waals surface area contributed by atoms with Crippen molar-refractivity contribution in [2.75, 3.05) is 11.9 Å². The SMILES string of the molecule is CCOc1ccc(NC(=O)N(Cc2ccco2)C(C)c2ccco2)cc1. The maximum Gasteiger partial charge on any atom is 0.322 e. The second-order valence-electron chi connectivity index (χ2n) is 5.79. The van der Waals surface area contributed by atoms with Gasteiger partial charge in [-0.15, -0.1) is 0 Å². The van der Waals surface area contributed by atoms with Crippen molar-refractivity contribution in [2.45, 2.75) is 26.4 Å². The molecule has 0 aliphatic carbocycles. The Morgan fingerprint density at radius 3 is 2.46 bits per heavy atom. The average molecular weight is 354 g/mol. The first kappa shape index (κ1) is 17.7. The molecule has 6 nitrogen and oxygen atoms in total. The third-order valence-corrected chi connectivity index (χ3v) is 4.01. The van der Waals surface area contributed by atoms with Gasteiger partial charge in [-0.1, -0.05) is 0 Å². The van der Waals surface area contributed by atoms with Crippen molar-refractivity contribution in [1.29, 1.82) is 0 Å². The van der Waals surface area contributed by atoms with Gasteiger partial charge in [-0.25, -0.2) is 4.79 Å². The number of hydrogen-bond donors (Lipinski definition) is 1. The van der Waals surface area contributed by atoms with Crippen LogP contribution in [0.1, 0.15) is 31.4 Å². The third-order valence-electron chi connectivity index (χ3n) is 4.01. The number of nitrogens with one attached hydrogen (secondary N) is 1. The van der Waals surface area contributed by atoms with Crippen LogP contribution in [-0.4, -0.2) is 17.5 Å². The summed E-state index contributed by atoms with van der Waals surface area (Å²) in [5.41, 5.74) is 0.689. The summed E-state index contributed by atoms with van der Waals surface area (Å²) in [7, 11) is 0. The first-order valence-corrected chi connectivity index (χ1v) is 8.53. The molecule has 2 amide bonds. The smallest absolute Gasteiger partial charge is 0.322 e. The number of amides is 2. The van der Waals surface area contributed by atoms with Crippen LogP contribution in [0.2, 0.25) is 0 Å². The topological polar surface area (TPSA) is 67.8 Å². The van der Waals surface area contributed by atoms with Crippen molar-refractivity contribution in [3.8, 4) is 5.75 Å². The van der Waals surface area contributed by atoms with Gasteiger partial charge in [0.25, 0.3) is 0 Å². The van der Waals surface area contributed by atoms with Crippen LogP contribution in [0.4, 0.5) is 10.5 Å². The van der Waals surface area contributed by atoms with Gasteiger partial charge in [-0.05, 0) is 62.4 Å². The summed E-state index contributed by atoms with van der Waals surface area (Å²) < 4.78 is 16.3. The number of ether oxygens (including phenoxy) is 1. The lowest BCUT2D eigenvalue weighted by Crippen LogP contribution is -2.36. The Labute approximate surface area is 152 Å². The lowest BCUT2D eigenvalue weighted by atomic mass is 10.2. The summed E-state index contributed by atoms with van der Waals surface area (Å²) in [5, 5.41) is 2.91. The van der Waals surface area contributed by atoms with Gasteiger partial charge < -0.3 is 23.8 Å². The van der Waals surface area contributed by atoms with Crippen molar-refractivity contribution < 1.29 is 18.4 Å². The fourth-order valence-electron chi connectivity index (χ4n) is 2.63. The van der Waals surface area contributed by atoms with Crippen molar-refractivity contribution in [3.63, 3.8) is 0 Å². The lowest BCUT2D eigenvalue weighted by molar-refractivity contribution is 0.173. The molecular formula is C20H22N2O4. The molecule has 6 heteroatoms. The molecule has 136 valence electrons. The van der Waals surface area contributed by atoms with Gasteiger partial charge in [-0.2, -0.15) is 0 Å². The second-order valence-corrected chi connectivity index (χ2v) is 5.79. The molecule has 0 aliphatic heterocycles. The summed E-state index contributed by atoms with van der Waals surface area (Å²) in [4.78, 5) is 14.5. The number of urea groups is 1. The zero-order valence-electron chi connectivity index (χ0n) is 14.8. The first-order valence-electron chi connectivity index (χ1n) is 8.53. The molecule has 1 aromatic carbocycles. The van der Waals surface area contributed by atoms with Crippen molar-refractivity contribution in [1.82, 2.24) is 4.90 Å². The highest BCUT2D eigenvalue weighted by Gasteiger charge is 2.24. The predicted octanol–water partition coefficient (Wildman–Crippen LogP) is 5.07. The van der Waals surface area contributed by atoms with Gasteiger partial charge in [0.1, 0.15) is 17.3 Å². The van der Waals surface area contributed by atoms with Crippen LogP contribution < -0.4 is 10.1 Å². The molecule has 3 aromatic rings. The molecule has 0 radical (unpaired) electrons. The molecular weight excluding hydrogens is 332 g/mol. The maximum atomic E-state index is 12.9. The van der Waals surface area contributed by atoms with Crippen LogP contribution >= 0.6 is 0 Å². The monoisotopic (exact) mass is 354 g/mol. The van der Waals surface area contributed by atoms with E-state index in [-0.39, 0.29) is 12.1 Å². The fraction of sp³-hybridized carbons (Fsp3) is 0.250. The minimum atomic E-state index is -0.252. The number of carbonyl (C=O) groups excluding carboxylic acids is 1. The number of nitrogens with zero attached hydrogens (tertiary/aromatic N) is 1. The lowest BCUT2D eigenvalue weighted by Gasteiger charge is -2.27. The summed E-state index contributed by atoms with van der Waals surface area (Å²) in [6.45, 7) is 4.78. The Balaban J connectivity index is 1.75. The summed E-state index contributed by atoms with van der Waals surface area (Å²) in [5.74, 6) is 2.17. The van der Waals surface area contributed by atoms with E-state index in [1.165, 1.54) is 0 Å². The molecule has 2 heterocycles. The third kappa shape index (κ3) is 4.27. The van der Waals surface area contributed by atoms with Crippen molar-refractivity contribution in [2.24, 2.45) is 0 Å². The zero-order chi connectivity index (χ0) is 18.4. The van der Waals surface area contributed by atoms with Gasteiger partial charge in [0, 0.05) is 5.69 Å². The minimum Gasteiger partial charge on any atom is -0.494 e. The standard InChI is InChI=1S/C20H22N2O4/c1-3-24-17-10-8-16(9-11-17)21-20(23)22(14-18-6-4-12-25-18)15(2)19-7-5-13-26-19/h4-13,15H,3,14H2,1-2H3,(H,21,23). The molecule has 0 spiro atoms. The molecule has 0 saturated heterocycles. The van der Waals surface area contributed by atoms with E-state index in [1.54, 1.807) is 29.6 Å². The van der Waals surface area contributed by atoms with Crippen LogP contribution in [-0.2, 0) is 6.54 Å². The summed E-state index contributed by atoms with van der Waals surface area (Å²) in [6, 6.07) is 14.1. The predicted molar refractivity (Wildman–Crippen MR) is 98.0 cm³/mol. The van der Waals surface area contributed by atoms with Crippen LogP contribution in [0.5, 0.6) is 5.75 Å². The normalized spacial score (nSPS) is 11.8. The molecule has 3 rings (SSSR count). The summed E-state index contributed by atoms with van der Waals surface area (Å²) >= 11 is 0. The molecule has 2 aromatic heterocycles. The summed E-state index contributed by atoms with van der Waals surface area (Å²) in [6.07, 6.45) is 3.19. The minimum absolute atomic E-state index is 0.241. The Kier molecular flexibility index (Phi) is 5.63. The van der Waals surface area contributed by atoms with Crippen LogP contribution in [0.15, 0.2) is 69.9 Å². The highest BCUT2D eigenvalue weighted by molar-refractivity contribution is 5.89. The van der Waals surface area contributed by atoms with Crippen LogP contribution in [0, 0.1) is 0 Å². The average Bonchev–Trinajstić information content (AvgIpc) is 3.35. The molecule has 0 aliphatic rings. The van der Waals surface area contributed by atoms with E-state index in [1.807, 2.05) is 50.2 Å². The van der Waals surface area contributed by atoms with Gasteiger partial charge in [0.2, 0.25) is 0 Å². The van der Waals surface area contributed by atoms with E-state index < -0.39 is 0 Å². The highest BCUT2D eigenvalue weighted by Crippen LogP contribution is 2.24. The van der Waals surface area contributed by atoms with E-state index >= 15 is 0 Å². The van der Waals surface area contributed by atoms with E-state index in [0.29, 0.717) is 30.4 Å².